The standard InChI is InChI=1S/C25H17Cl2FN2O4S/c1-33-20-11-15(10-19(27)22(20)34-13-14-3-2-4-18(28)9-14)12-21-24(32)30-25(35-21)29-23(31)16-5-7-17(26)8-6-16/h2-12H,13H2,1H3,(H,29,30,31,32)/b21-12-. The summed E-state index contributed by atoms with van der Waals surface area (Å²) in [6.45, 7) is 0.0913. The van der Waals surface area contributed by atoms with Crippen molar-refractivity contribution in [1.82, 2.24) is 5.32 Å². The first-order valence-electron chi connectivity index (χ1n) is 10.2. The van der Waals surface area contributed by atoms with Crippen LogP contribution in [0.25, 0.3) is 6.08 Å². The molecule has 0 aliphatic carbocycles. The molecule has 3 aromatic rings. The van der Waals surface area contributed by atoms with Crippen molar-refractivity contribution in [3.05, 3.63) is 98.1 Å². The molecule has 1 saturated heterocycles. The first-order valence-corrected chi connectivity index (χ1v) is 11.7. The van der Waals surface area contributed by atoms with Crippen molar-refractivity contribution >= 4 is 58.0 Å². The third-order valence-corrected chi connectivity index (χ3v) is 6.21. The maximum Gasteiger partial charge on any atom is 0.279 e. The van der Waals surface area contributed by atoms with Gasteiger partial charge in [0.1, 0.15) is 12.4 Å². The van der Waals surface area contributed by atoms with Crippen molar-refractivity contribution in [2.45, 2.75) is 6.61 Å². The third kappa shape index (κ3) is 6.22. The molecular weight excluding hydrogens is 514 g/mol. The maximum atomic E-state index is 13.4. The molecule has 2 amide bonds. The molecule has 4 rings (SSSR count). The van der Waals surface area contributed by atoms with Gasteiger partial charge in [-0.15, -0.1) is 0 Å². The predicted octanol–water partition coefficient (Wildman–Crippen LogP) is 6.12. The molecule has 1 aliphatic heterocycles. The highest BCUT2D eigenvalue weighted by Gasteiger charge is 2.25. The predicted molar refractivity (Wildman–Crippen MR) is 136 cm³/mol. The van der Waals surface area contributed by atoms with Gasteiger partial charge < -0.3 is 14.8 Å². The van der Waals surface area contributed by atoms with Crippen LogP contribution in [-0.2, 0) is 11.4 Å². The smallest absolute Gasteiger partial charge is 0.279 e. The van der Waals surface area contributed by atoms with Crippen LogP contribution in [0.4, 0.5) is 4.39 Å². The fourth-order valence-electron chi connectivity index (χ4n) is 3.13. The minimum absolute atomic E-state index is 0.0913. The second kappa shape index (κ2) is 10.9. The normalized spacial score (nSPS) is 15.4. The molecule has 1 heterocycles. The number of thioether (sulfide) groups is 1. The van der Waals surface area contributed by atoms with Crippen LogP contribution in [0, 0.1) is 5.82 Å². The Morgan fingerprint density at radius 1 is 1.14 bits per heavy atom. The number of halogens is 3. The van der Waals surface area contributed by atoms with E-state index in [1.165, 1.54) is 19.2 Å². The molecule has 0 aromatic heterocycles. The molecule has 1 fully saturated rings. The number of nitrogens with zero attached hydrogens (tertiary/aromatic N) is 1. The van der Waals surface area contributed by atoms with E-state index in [1.807, 2.05) is 0 Å². The number of ether oxygens (including phenoxy) is 2. The fourth-order valence-corrected chi connectivity index (χ4v) is 4.35. The zero-order valence-corrected chi connectivity index (χ0v) is 20.5. The first-order chi connectivity index (χ1) is 16.8. The summed E-state index contributed by atoms with van der Waals surface area (Å²) in [5.41, 5.74) is 1.56. The lowest BCUT2D eigenvalue weighted by Gasteiger charge is -2.13. The van der Waals surface area contributed by atoms with Crippen LogP contribution in [0.15, 0.2) is 70.6 Å². The number of hydrogen-bond acceptors (Lipinski definition) is 5. The highest BCUT2D eigenvalue weighted by atomic mass is 35.5. The van der Waals surface area contributed by atoms with Gasteiger partial charge in [-0.3, -0.25) is 9.59 Å². The first kappa shape index (κ1) is 24.8. The maximum absolute atomic E-state index is 13.4. The summed E-state index contributed by atoms with van der Waals surface area (Å²) in [6.07, 6.45) is 1.60. The Bertz CT molecular complexity index is 1360. The van der Waals surface area contributed by atoms with Crippen molar-refractivity contribution < 1.29 is 23.5 Å². The lowest BCUT2D eigenvalue weighted by molar-refractivity contribution is -0.115. The molecular formula is C25H17Cl2FN2O4S. The van der Waals surface area contributed by atoms with Gasteiger partial charge in [-0.05, 0) is 77.5 Å². The summed E-state index contributed by atoms with van der Waals surface area (Å²) in [5.74, 6) is -0.637. The minimum Gasteiger partial charge on any atom is -0.493 e. The minimum atomic E-state index is -0.504. The van der Waals surface area contributed by atoms with Crippen molar-refractivity contribution in [3.8, 4) is 11.5 Å². The van der Waals surface area contributed by atoms with E-state index in [9.17, 15) is 14.0 Å². The molecule has 35 heavy (non-hydrogen) atoms. The molecule has 0 saturated carbocycles. The summed E-state index contributed by atoms with van der Waals surface area (Å²) in [7, 11) is 1.46. The molecule has 3 aromatic carbocycles. The van der Waals surface area contributed by atoms with Gasteiger partial charge >= 0.3 is 0 Å². The van der Waals surface area contributed by atoms with Gasteiger partial charge in [-0.1, -0.05) is 35.3 Å². The van der Waals surface area contributed by atoms with Crippen LogP contribution in [-0.4, -0.2) is 24.1 Å². The van der Waals surface area contributed by atoms with E-state index in [1.54, 1.807) is 54.6 Å². The molecule has 1 aliphatic rings. The molecule has 0 atom stereocenters. The Balaban J connectivity index is 1.51. The number of nitrogens with one attached hydrogen (secondary N) is 1. The third-order valence-electron chi connectivity index (χ3n) is 4.77. The van der Waals surface area contributed by atoms with E-state index >= 15 is 0 Å². The number of amidine groups is 1. The summed E-state index contributed by atoms with van der Waals surface area (Å²) >= 11 is 13.3. The van der Waals surface area contributed by atoms with E-state index in [4.69, 9.17) is 32.7 Å². The van der Waals surface area contributed by atoms with E-state index in [0.29, 0.717) is 38.1 Å². The van der Waals surface area contributed by atoms with E-state index in [0.717, 1.165) is 11.8 Å². The van der Waals surface area contributed by atoms with E-state index in [-0.39, 0.29) is 22.6 Å². The highest BCUT2D eigenvalue weighted by Crippen LogP contribution is 2.38. The Morgan fingerprint density at radius 2 is 1.91 bits per heavy atom. The number of aliphatic imine (C=N–C) groups is 1. The van der Waals surface area contributed by atoms with Gasteiger partial charge in [0.2, 0.25) is 0 Å². The molecule has 0 radical (unpaired) electrons. The lowest BCUT2D eigenvalue weighted by atomic mass is 10.1. The van der Waals surface area contributed by atoms with Gasteiger partial charge in [0.15, 0.2) is 16.7 Å². The number of hydrogen-bond donors (Lipinski definition) is 1. The molecule has 10 heteroatoms. The quantitative estimate of drug-likeness (QED) is 0.388. The topological polar surface area (TPSA) is 77.0 Å². The highest BCUT2D eigenvalue weighted by molar-refractivity contribution is 8.18. The zero-order chi connectivity index (χ0) is 24.9. The number of amides is 2. The Morgan fingerprint density at radius 3 is 2.63 bits per heavy atom. The molecule has 1 N–H and O–H groups in total. The number of methoxy groups -OCH3 is 1. The van der Waals surface area contributed by atoms with Crippen LogP contribution in [0.1, 0.15) is 21.5 Å². The van der Waals surface area contributed by atoms with Gasteiger partial charge in [0.05, 0.1) is 17.0 Å². The monoisotopic (exact) mass is 530 g/mol. The summed E-state index contributed by atoms with van der Waals surface area (Å²) in [5, 5.41) is 3.49. The SMILES string of the molecule is COc1cc(/C=C2\SC(=NC(=O)c3ccc(Cl)cc3)NC2=O)cc(Cl)c1OCc1cccc(F)c1. The van der Waals surface area contributed by atoms with Crippen LogP contribution in [0.3, 0.4) is 0 Å². The summed E-state index contributed by atoms with van der Waals surface area (Å²) < 4.78 is 24.6. The van der Waals surface area contributed by atoms with Gasteiger partial charge in [-0.2, -0.15) is 4.99 Å². The van der Waals surface area contributed by atoms with Gasteiger partial charge in [0, 0.05) is 10.6 Å². The van der Waals surface area contributed by atoms with Crippen LogP contribution >= 0.6 is 35.0 Å². The Hall–Kier alpha value is -3.33. The van der Waals surface area contributed by atoms with Crippen molar-refractivity contribution in [2.24, 2.45) is 4.99 Å². The van der Waals surface area contributed by atoms with Crippen molar-refractivity contribution in [1.29, 1.82) is 0 Å². The molecule has 6 nitrogen and oxygen atoms in total. The Labute approximate surface area is 214 Å². The average molecular weight is 531 g/mol. The van der Waals surface area contributed by atoms with Gasteiger partial charge in [0.25, 0.3) is 11.8 Å². The number of rotatable bonds is 6. The van der Waals surface area contributed by atoms with Crippen LogP contribution in [0.5, 0.6) is 11.5 Å². The molecule has 0 unspecified atom stereocenters. The molecule has 0 spiro atoms. The summed E-state index contributed by atoms with van der Waals surface area (Å²) in [4.78, 5) is 29.1. The second-order valence-corrected chi connectivity index (χ2v) is 9.12. The average Bonchev–Trinajstić information content (AvgIpc) is 3.16. The van der Waals surface area contributed by atoms with E-state index < -0.39 is 11.8 Å². The number of carbonyl (C=O) groups is 2. The number of benzene rings is 3. The van der Waals surface area contributed by atoms with Gasteiger partial charge in [-0.25, -0.2) is 4.39 Å². The van der Waals surface area contributed by atoms with Crippen molar-refractivity contribution in [2.75, 3.05) is 7.11 Å². The summed E-state index contributed by atoms with van der Waals surface area (Å²) in [6, 6.07) is 15.6. The lowest BCUT2D eigenvalue weighted by Crippen LogP contribution is -2.20. The zero-order valence-electron chi connectivity index (χ0n) is 18.2. The largest absolute Gasteiger partial charge is 0.493 e. The fraction of sp³-hybridized carbons (Fsp3) is 0.0800. The Kier molecular flexibility index (Phi) is 7.75. The van der Waals surface area contributed by atoms with Crippen LogP contribution < -0.4 is 14.8 Å². The van der Waals surface area contributed by atoms with Crippen LogP contribution in [0.2, 0.25) is 10.0 Å². The number of carbonyl (C=O) groups excluding carboxylic acids is 2. The second-order valence-electron chi connectivity index (χ2n) is 7.25. The van der Waals surface area contributed by atoms with Crippen molar-refractivity contribution in [3.63, 3.8) is 0 Å². The van der Waals surface area contributed by atoms with E-state index in [2.05, 4.69) is 10.3 Å². The molecule has 178 valence electrons. The molecule has 0 bridgehead atoms.